The molecule has 1 unspecified atom stereocenters. The Morgan fingerprint density at radius 1 is 1.27 bits per heavy atom. The van der Waals surface area contributed by atoms with Crippen LogP contribution >= 0.6 is 0 Å². The largest absolute Gasteiger partial charge is 0.385 e. The monoisotopic (exact) mass is 203 g/mol. The average Bonchev–Trinajstić information content (AvgIpc) is 2.15. The maximum Gasteiger partial charge on any atom is 0.0373 e. The zero-order valence-electron chi connectivity index (χ0n) is 10.2. The van der Waals surface area contributed by atoms with Crippen LogP contribution in [0.2, 0.25) is 0 Å². The summed E-state index contributed by atoms with van der Waals surface area (Å²) in [6, 6.07) is 6.86. The van der Waals surface area contributed by atoms with Gasteiger partial charge < -0.3 is 5.32 Å². The predicted molar refractivity (Wildman–Crippen MR) is 66.5 cm³/mol. The van der Waals surface area contributed by atoms with Gasteiger partial charge in [-0.1, -0.05) is 39.8 Å². The Balaban J connectivity index is 2.37. The standard InChI is InChI=1S/C14H21N/c1-10-7-11-8-12(14(2,3)4)5-6-13(11)15-9-10/h5-6,8,10,15H,7,9H2,1-4H3. The lowest BCUT2D eigenvalue weighted by molar-refractivity contribution is 0.575. The van der Waals surface area contributed by atoms with E-state index in [-0.39, 0.29) is 5.41 Å². The highest BCUT2D eigenvalue weighted by Gasteiger charge is 2.18. The van der Waals surface area contributed by atoms with Crippen LogP contribution in [0.3, 0.4) is 0 Å². The van der Waals surface area contributed by atoms with E-state index in [9.17, 15) is 0 Å². The molecule has 1 nitrogen and oxygen atoms in total. The number of rotatable bonds is 0. The van der Waals surface area contributed by atoms with Gasteiger partial charge in [-0.15, -0.1) is 0 Å². The van der Waals surface area contributed by atoms with E-state index in [2.05, 4.69) is 51.2 Å². The van der Waals surface area contributed by atoms with Crippen LogP contribution in [0.4, 0.5) is 5.69 Å². The summed E-state index contributed by atoms with van der Waals surface area (Å²) < 4.78 is 0. The molecule has 15 heavy (non-hydrogen) atoms. The van der Waals surface area contributed by atoms with E-state index >= 15 is 0 Å². The van der Waals surface area contributed by atoms with Crippen LogP contribution in [-0.4, -0.2) is 6.54 Å². The summed E-state index contributed by atoms with van der Waals surface area (Å²) in [6.07, 6.45) is 1.21. The van der Waals surface area contributed by atoms with Gasteiger partial charge in [0.1, 0.15) is 0 Å². The van der Waals surface area contributed by atoms with Crippen LogP contribution < -0.4 is 5.32 Å². The van der Waals surface area contributed by atoms with Crippen LogP contribution in [0.1, 0.15) is 38.8 Å². The first-order valence-electron chi connectivity index (χ1n) is 5.84. The minimum Gasteiger partial charge on any atom is -0.385 e. The summed E-state index contributed by atoms with van der Waals surface area (Å²) in [5, 5.41) is 3.49. The van der Waals surface area contributed by atoms with Crippen LogP contribution in [0.5, 0.6) is 0 Å². The van der Waals surface area contributed by atoms with E-state index in [0.29, 0.717) is 0 Å². The van der Waals surface area contributed by atoms with Crippen molar-refractivity contribution >= 4 is 5.69 Å². The highest BCUT2D eigenvalue weighted by atomic mass is 14.9. The molecular formula is C14H21N. The van der Waals surface area contributed by atoms with Crippen molar-refractivity contribution in [1.82, 2.24) is 0 Å². The Kier molecular flexibility index (Phi) is 2.49. The molecular weight excluding hydrogens is 182 g/mol. The van der Waals surface area contributed by atoms with Gasteiger partial charge in [0.25, 0.3) is 0 Å². The first kappa shape index (κ1) is 10.5. The molecule has 1 atom stereocenters. The fourth-order valence-corrected chi connectivity index (χ4v) is 2.13. The van der Waals surface area contributed by atoms with Crippen LogP contribution in [0, 0.1) is 5.92 Å². The van der Waals surface area contributed by atoms with Crippen molar-refractivity contribution in [3.8, 4) is 0 Å². The molecule has 0 bridgehead atoms. The molecule has 82 valence electrons. The summed E-state index contributed by atoms with van der Waals surface area (Å²) >= 11 is 0. The predicted octanol–water partition coefficient (Wildman–Crippen LogP) is 3.59. The Hall–Kier alpha value is -0.980. The molecule has 1 heteroatoms. The Morgan fingerprint density at radius 2 is 2.00 bits per heavy atom. The summed E-state index contributed by atoms with van der Waals surface area (Å²) in [5.41, 5.74) is 4.52. The molecule has 0 radical (unpaired) electrons. The lowest BCUT2D eigenvalue weighted by Crippen LogP contribution is -2.21. The lowest BCUT2D eigenvalue weighted by Gasteiger charge is -2.26. The lowest BCUT2D eigenvalue weighted by atomic mass is 9.84. The van der Waals surface area contributed by atoms with Gasteiger partial charge in [0.2, 0.25) is 0 Å². The van der Waals surface area contributed by atoms with Gasteiger partial charge in [0.15, 0.2) is 0 Å². The summed E-state index contributed by atoms with van der Waals surface area (Å²) in [6.45, 7) is 10.2. The number of anilines is 1. The topological polar surface area (TPSA) is 12.0 Å². The maximum atomic E-state index is 3.49. The third-order valence-corrected chi connectivity index (χ3v) is 3.18. The molecule has 1 N–H and O–H groups in total. The minimum atomic E-state index is 0.260. The van der Waals surface area contributed by atoms with Crippen molar-refractivity contribution in [3.05, 3.63) is 29.3 Å². The molecule has 0 aromatic heterocycles. The third kappa shape index (κ3) is 2.17. The molecule has 0 saturated heterocycles. The molecule has 0 saturated carbocycles. The fraction of sp³-hybridized carbons (Fsp3) is 0.571. The Bertz CT molecular complexity index is 360. The number of hydrogen-bond acceptors (Lipinski definition) is 1. The van der Waals surface area contributed by atoms with Gasteiger partial charge in [0.05, 0.1) is 0 Å². The highest BCUT2D eigenvalue weighted by Crippen LogP contribution is 2.30. The van der Waals surface area contributed by atoms with Crippen molar-refractivity contribution in [2.45, 2.75) is 39.5 Å². The Labute approximate surface area is 92.9 Å². The summed E-state index contributed by atoms with van der Waals surface area (Å²) in [7, 11) is 0. The number of nitrogens with one attached hydrogen (secondary N) is 1. The molecule has 2 rings (SSSR count). The van der Waals surface area contributed by atoms with Crippen molar-refractivity contribution in [2.24, 2.45) is 5.92 Å². The molecule has 1 aromatic rings. The van der Waals surface area contributed by atoms with Crippen LogP contribution in [0.15, 0.2) is 18.2 Å². The smallest absolute Gasteiger partial charge is 0.0373 e. The second kappa shape index (κ2) is 3.55. The van der Waals surface area contributed by atoms with Crippen molar-refractivity contribution in [3.63, 3.8) is 0 Å². The zero-order valence-corrected chi connectivity index (χ0v) is 10.2. The fourth-order valence-electron chi connectivity index (χ4n) is 2.13. The van der Waals surface area contributed by atoms with Gasteiger partial charge in [-0.3, -0.25) is 0 Å². The molecule has 0 amide bonds. The first-order chi connectivity index (χ1) is 6.97. The Morgan fingerprint density at radius 3 is 2.67 bits per heavy atom. The third-order valence-electron chi connectivity index (χ3n) is 3.18. The number of hydrogen-bond donors (Lipinski definition) is 1. The second-order valence-corrected chi connectivity index (χ2v) is 5.81. The van der Waals surface area contributed by atoms with Gasteiger partial charge in [0, 0.05) is 12.2 Å². The van der Waals surface area contributed by atoms with Crippen molar-refractivity contribution in [1.29, 1.82) is 0 Å². The zero-order chi connectivity index (χ0) is 11.1. The summed E-state index contributed by atoms with van der Waals surface area (Å²) in [4.78, 5) is 0. The maximum absolute atomic E-state index is 3.49. The minimum absolute atomic E-state index is 0.260. The van der Waals surface area contributed by atoms with Crippen LogP contribution in [0.25, 0.3) is 0 Å². The second-order valence-electron chi connectivity index (χ2n) is 5.81. The van der Waals surface area contributed by atoms with Crippen molar-refractivity contribution < 1.29 is 0 Å². The van der Waals surface area contributed by atoms with Gasteiger partial charge in [-0.2, -0.15) is 0 Å². The quantitative estimate of drug-likeness (QED) is 0.679. The van der Waals surface area contributed by atoms with Gasteiger partial charge in [-0.25, -0.2) is 0 Å². The molecule has 0 aliphatic carbocycles. The SMILES string of the molecule is CC1CNc2ccc(C(C)(C)C)cc2C1. The van der Waals surface area contributed by atoms with E-state index in [0.717, 1.165) is 12.5 Å². The molecule has 1 heterocycles. The van der Waals surface area contributed by atoms with Crippen molar-refractivity contribution in [2.75, 3.05) is 11.9 Å². The van der Waals surface area contributed by atoms with E-state index < -0.39 is 0 Å². The van der Waals surface area contributed by atoms with E-state index in [1.165, 1.54) is 23.2 Å². The van der Waals surface area contributed by atoms with Crippen LogP contribution in [-0.2, 0) is 11.8 Å². The summed E-state index contributed by atoms with van der Waals surface area (Å²) in [5.74, 6) is 0.757. The van der Waals surface area contributed by atoms with E-state index in [1.54, 1.807) is 0 Å². The highest BCUT2D eigenvalue weighted by molar-refractivity contribution is 5.55. The molecule has 0 fully saturated rings. The molecule has 1 aliphatic heterocycles. The number of benzene rings is 1. The van der Waals surface area contributed by atoms with E-state index in [1.807, 2.05) is 0 Å². The van der Waals surface area contributed by atoms with E-state index in [4.69, 9.17) is 0 Å². The molecule has 1 aromatic carbocycles. The molecule has 0 spiro atoms. The first-order valence-corrected chi connectivity index (χ1v) is 5.84. The van der Waals surface area contributed by atoms with Gasteiger partial charge >= 0.3 is 0 Å². The van der Waals surface area contributed by atoms with Gasteiger partial charge in [-0.05, 0) is 34.9 Å². The number of fused-ring (bicyclic) bond motifs is 1. The normalized spacial score (nSPS) is 20.7. The average molecular weight is 203 g/mol. The molecule has 1 aliphatic rings.